The molecule has 0 radical (unpaired) electrons. The largest absolute Gasteiger partial charge is 1.00 e. The Morgan fingerprint density at radius 2 is 1.66 bits per heavy atom. The Balaban J connectivity index is 0.00000240. The molecule has 2 aromatic carbocycles. The lowest BCUT2D eigenvalue weighted by Crippen LogP contribution is -3.00. The number of likely N-dealkylation sites (tertiary alicyclic amines) is 1. The Labute approximate surface area is 186 Å². The fourth-order valence-corrected chi connectivity index (χ4v) is 4.08. The van der Waals surface area contributed by atoms with Crippen LogP contribution in [0.25, 0.3) is 11.4 Å². The molecule has 1 fully saturated rings. The predicted molar refractivity (Wildman–Crippen MR) is 107 cm³/mol. The van der Waals surface area contributed by atoms with Crippen LogP contribution in [0.3, 0.4) is 0 Å². The average Bonchev–Trinajstić information content (AvgIpc) is 3.18. The fraction of sp³-hybridized carbons (Fsp3) is 0.318. The van der Waals surface area contributed by atoms with Gasteiger partial charge in [0, 0.05) is 16.1 Å². The summed E-state index contributed by atoms with van der Waals surface area (Å²) in [5.74, 6) is 1.26. The maximum absolute atomic E-state index is 9.02. The highest BCUT2D eigenvalue weighted by atomic mass is 79.9. The highest BCUT2D eigenvalue weighted by Gasteiger charge is 2.33. The maximum Gasteiger partial charge on any atom is 0.282 e. The standard InChI is InChI=1S/C22H22ClN4O.BrH/c23-20-10-8-19(9-11-20)22-25-21(28-26-22)16-27(12-2-1-3-13-27)15-18-6-4-17(14-24)5-7-18;/h4-11H,1-3,12-13,15-16H2;1H/q+1;/p-1. The van der Waals surface area contributed by atoms with E-state index in [4.69, 9.17) is 21.4 Å². The van der Waals surface area contributed by atoms with E-state index in [0.717, 1.165) is 36.2 Å². The Kier molecular flexibility index (Phi) is 7.07. The van der Waals surface area contributed by atoms with Crippen LogP contribution >= 0.6 is 11.6 Å². The van der Waals surface area contributed by atoms with Crippen molar-refractivity contribution in [1.82, 2.24) is 10.1 Å². The molecule has 2 heterocycles. The summed E-state index contributed by atoms with van der Waals surface area (Å²) in [6.45, 7) is 3.82. The third-order valence-electron chi connectivity index (χ3n) is 5.41. The second-order valence-electron chi connectivity index (χ2n) is 7.49. The summed E-state index contributed by atoms with van der Waals surface area (Å²) in [4.78, 5) is 4.64. The molecule has 29 heavy (non-hydrogen) atoms. The zero-order valence-electron chi connectivity index (χ0n) is 16.0. The van der Waals surface area contributed by atoms with Gasteiger partial charge in [-0.1, -0.05) is 28.9 Å². The lowest BCUT2D eigenvalue weighted by Gasteiger charge is -2.40. The molecule has 0 spiro atoms. The molecule has 0 atom stereocenters. The Bertz CT molecular complexity index is 973. The monoisotopic (exact) mass is 472 g/mol. The average molecular weight is 474 g/mol. The zero-order valence-corrected chi connectivity index (χ0v) is 18.4. The van der Waals surface area contributed by atoms with E-state index >= 15 is 0 Å². The number of rotatable bonds is 5. The highest BCUT2D eigenvalue weighted by molar-refractivity contribution is 6.30. The second kappa shape index (κ2) is 9.53. The molecule has 150 valence electrons. The molecular weight excluding hydrogens is 452 g/mol. The van der Waals surface area contributed by atoms with E-state index in [9.17, 15) is 0 Å². The molecule has 0 amide bonds. The SMILES string of the molecule is N#Cc1ccc(C[N+]2(Cc3nc(-c4ccc(Cl)cc4)no3)CCCCC2)cc1.[Br-]. The van der Waals surface area contributed by atoms with Crippen molar-refractivity contribution in [2.24, 2.45) is 0 Å². The molecular formula is C22H22BrClN4O. The predicted octanol–water partition coefficient (Wildman–Crippen LogP) is 1.97. The van der Waals surface area contributed by atoms with Crippen LogP contribution in [-0.4, -0.2) is 27.7 Å². The Morgan fingerprint density at radius 1 is 0.966 bits per heavy atom. The molecule has 7 heteroatoms. The molecule has 0 aliphatic carbocycles. The van der Waals surface area contributed by atoms with Gasteiger partial charge in [0.25, 0.3) is 5.89 Å². The number of benzene rings is 2. The van der Waals surface area contributed by atoms with Gasteiger partial charge in [-0.15, -0.1) is 0 Å². The molecule has 1 aromatic heterocycles. The Morgan fingerprint density at radius 3 is 2.31 bits per heavy atom. The van der Waals surface area contributed by atoms with E-state index in [1.54, 1.807) is 0 Å². The van der Waals surface area contributed by atoms with E-state index in [1.807, 2.05) is 36.4 Å². The van der Waals surface area contributed by atoms with Crippen molar-refractivity contribution in [2.75, 3.05) is 13.1 Å². The van der Waals surface area contributed by atoms with Crippen LogP contribution in [0, 0.1) is 11.3 Å². The van der Waals surface area contributed by atoms with Crippen LogP contribution in [-0.2, 0) is 13.1 Å². The minimum absolute atomic E-state index is 0. The minimum atomic E-state index is 0. The number of nitriles is 1. The van der Waals surface area contributed by atoms with E-state index < -0.39 is 0 Å². The Hall–Kier alpha value is -2.20. The fourth-order valence-electron chi connectivity index (χ4n) is 3.95. The van der Waals surface area contributed by atoms with Crippen molar-refractivity contribution in [3.8, 4) is 17.5 Å². The first-order valence-electron chi connectivity index (χ1n) is 9.58. The molecule has 3 aromatic rings. The second-order valence-corrected chi connectivity index (χ2v) is 7.93. The minimum Gasteiger partial charge on any atom is -1.00 e. The van der Waals surface area contributed by atoms with Crippen molar-refractivity contribution in [3.05, 3.63) is 70.6 Å². The van der Waals surface area contributed by atoms with Crippen molar-refractivity contribution < 1.29 is 26.0 Å². The summed E-state index contributed by atoms with van der Waals surface area (Å²) < 4.78 is 6.51. The number of aromatic nitrogens is 2. The van der Waals surface area contributed by atoms with Gasteiger partial charge in [0.05, 0.1) is 24.7 Å². The van der Waals surface area contributed by atoms with E-state index in [1.165, 1.54) is 24.8 Å². The maximum atomic E-state index is 9.02. The van der Waals surface area contributed by atoms with Gasteiger partial charge in [-0.2, -0.15) is 10.2 Å². The number of nitrogens with zero attached hydrogens (tertiary/aromatic N) is 4. The molecule has 4 rings (SSSR count). The van der Waals surface area contributed by atoms with Gasteiger partial charge < -0.3 is 26.0 Å². The first-order valence-corrected chi connectivity index (χ1v) is 9.96. The van der Waals surface area contributed by atoms with Crippen molar-refractivity contribution in [3.63, 3.8) is 0 Å². The van der Waals surface area contributed by atoms with Gasteiger partial charge in [0.2, 0.25) is 5.82 Å². The number of hydrogen-bond acceptors (Lipinski definition) is 4. The smallest absolute Gasteiger partial charge is 0.282 e. The summed E-state index contributed by atoms with van der Waals surface area (Å²) in [5, 5.41) is 13.9. The van der Waals surface area contributed by atoms with Crippen molar-refractivity contribution >= 4 is 11.6 Å². The van der Waals surface area contributed by atoms with Gasteiger partial charge in [0.1, 0.15) is 6.54 Å². The third-order valence-corrected chi connectivity index (χ3v) is 5.66. The quantitative estimate of drug-likeness (QED) is 0.532. The van der Waals surface area contributed by atoms with Crippen molar-refractivity contribution in [2.45, 2.75) is 32.4 Å². The number of piperidine rings is 1. The summed E-state index contributed by atoms with van der Waals surface area (Å²) in [7, 11) is 0. The number of hydrogen-bond donors (Lipinski definition) is 0. The summed E-state index contributed by atoms with van der Waals surface area (Å²) in [6.07, 6.45) is 3.68. The normalized spacial score (nSPS) is 15.3. The lowest BCUT2D eigenvalue weighted by molar-refractivity contribution is -0.958. The molecule has 0 N–H and O–H groups in total. The highest BCUT2D eigenvalue weighted by Crippen LogP contribution is 2.27. The molecule has 1 saturated heterocycles. The molecule has 0 unspecified atom stereocenters. The number of quaternary nitrogens is 1. The van der Waals surface area contributed by atoms with Crippen LogP contribution in [0.5, 0.6) is 0 Å². The van der Waals surface area contributed by atoms with Crippen LogP contribution in [0.4, 0.5) is 0 Å². The van der Waals surface area contributed by atoms with Crippen LogP contribution in [0.1, 0.15) is 36.3 Å². The van der Waals surface area contributed by atoms with Crippen molar-refractivity contribution in [1.29, 1.82) is 5.26 Å². The zero-order chi connectivity index (χ0) is 19.4. The summed E-state index contributed by atoms with van der Waals surface area (Å²) in [6, 6.07) is 17.5. The van der Waals surface area contributed by atoms with Crippen LogP contribution in [0.15, 0.2) is 53.1 Å². The first-order chi connectivity index (χ1) is 13.7. The van der Waals surface area contributed by atoms with Gasteiger partial charge >= 0.3 is 0 Å². The molecule has 5 nitrogen and oxygen atoms in total. The number of halogens is 2. The summed E-state index contributed by atoms with van der Waals surface area (Å²) >= 11 is 5.96. The van der Waals surface area contributed by atoms with E-state index in [0.29, 0.717) is 22.3 Å². The van der Waals surface area contributed by atoms with Gasteiger partial charge in [0.15, 0.2) is 6.54 Å². The van der Waals surface area contributed by atoms with Crippen LogP contribution in [0.2, 0.25) is 5.02 Å². The first kappa shape index (κ1) is 21.5. The lowest BCUT2D eigenvalue weighted by atomic mass is 10.0. The van der Waals surface area contributed by atoms with Gasteiger partial charge in [-0.3, -0.25) is 0 Å². The van der Waals surface area contributed by atoms with Gasteiger partial charge in [-0.25, -0.2) is 0 Å². The molecule has 0 saturated carbocycles. The molecule has 1 aliphatic heterocycles. The molecule has 0 bridgehead atoms. The summed E-state index contributed by atoms with van der Waals surface area (Å²) in [5.41, 5.74) is 2.83. The van der Waals surface area contributed by atoms with Crippen LogP contribution < -0.4 is 17.0 Å². The van der Waals surface area contributed by atoms with E-state index in [2.05, 4.69) is 28.3 Å². The van der Waals surface area contributed by atoms with E-state index in [-0.39, 0.29) is 17.0 Å². The third kappa shape index (κ3) is 5.24. The topological polar surface area (TPSA) is 62.7 Å². The molecule has 1 aliphatic rings. The van der Waals surface area contributed by atoms with Gasteiger partial charge in [-0.05, 0) is 55.7 Å².